The molecule has 1 aliphatic carbocycles. The molecule has 4 rings (SSSR count). The predicted molar refractivity (Wildman–Crippen MR) is 109 cm³/mol. The molecule has 0 aliphatic heterocycles. The monoisotopic (exact) mass is 448 g/mol. The number of nitrogens with zero attached hydrogens (tertiary/aromatic N) is 5. The molecule has 0 radical (unpaired) electrons. The molecule has 3 aromatic heterocycles. The van der Waals surface area contributed by atoms with Crippen LogP contribution in [0.2, 0.25) is 0 Å². The van der Waals surface area contributed by atoms with Crippen molar-refractivity contribution in [2.45, 2.75) is 42.3 Å². The maximum Gasteiger partial charge on any atom is 0.433 e. The summed E-state index contributed by atoms with van der Waals surface area (Å²) >= 11 is 1.48. The van der Waals surface area contributed by atoms with Crippen LogP contribution in [0.15, 0.2) is 41.9 Å². The normalized spacial score (nSPS) is 15.0. The Labute approximate surface area is 180 Å². The van der Waals surface area contributed by atoms with Crippen LogP contribution in [0.3, 0.4) is 0 Å². The van der Waals surface area contributed by atoms with Gasteiger partial charge in [-0.3, -0.25) is 4.79 Å². The highest BCUT2D eigenvalue weighted by atomic mass is 32.2. The summed E-state index contributed by atoms with van der Waals surface area (Å²) in [6.07, 6.45) is 0.143. The van der Waals surface area contributed by atoms with Gasteiger partial charge in [0, 0.05) is 18.5 Å². The molecule has 1 N–H and O–H groups in total. The van der Waals surface area contributed by atoms with Crippen molar-refractivity contribution in [1.29, 1.82) is 0 Å². The quantitative estimate of drug-likeness (QED) is 0.555. The van der Waals surface area contributed by atoms with Gasteiger partial charge >= 0.3 is 6.18 Å². The largest absolute Gasteiger partial charge is 0.433 e. The molecular formula is C20H19F3N6OS. The molecule has 31 heavy (non-hydrogen) atoms. The number of alkyl halides is 3. The van der Waals surface area contributed by atoms with Crippen LogP contribution in [0.1, 0.15) is 58.2 Å². The van der Waals surface area contributed by atoms with Gasteiger partial charge in [0.05, 0.1) is 0 Å². The number of rotatable bonds is 6. The third-order valence-electron chi connectivity index (χ3n) is 4.87. The highest BCUT2D eigenvalue weighted by Crippen LogP contribution is 2.42. The van der Waals surface area contributed by atoms with Gasteiger partial charge in [-0.25, -0.2) is 9.97 Å². The number of aryl methyl sites for hydroxylation is 1. The van der Waals surface area contributed by atoms with Gasteiger partial charge in [-0.05, 0) is 61.1 Å². The number of hydrogen-bond acceptors (Lipinski definition) is 6. The number of carbonyl (C=O) groups is 1. The van der Waals surface area contributed by atoms with Crippen LogP contribution in [0.25, 0.3) is 0 Å². The number of anilines is 1. The molecule has 162 valence electrons. The average Bonchev–Trinajstić information content (AvgIpc) is 3.51. The number of aromatic nitrogens is 5. The number of carbonyl (C=O) groups excluding carboxylic acids is 1. The standard InChI is InChI=1S/C20H19F3N6OS/c1-11(31-19-28-25-10-29(19)2)13-5-6-24-17(9-13)27-18(30)15-7-14(12-3-4-12)8-16(26-15)20(21,22)23/h5-12H,3-4H2,1-2H3,(H,24,27,30)/t11-/m0/s1. The number of nitrogens with one attached hydrogen (secondary N) is 1. The Kier molecular flexibility index (Phi) is 5.69. The maximum atomic E-state index is 13.2. The van der Waals surface area contributed by atoms with E-state index in [1.807, 2.05) is 14.0 Å². The first-order valence-electron chi connectivity index (χ1n) is 9.58. The Morgan fingerprint density at radius 3 is 2.71 bits per heavy atom. The Hall–Kier alpha value is -2.95. The van der Waals surface area contributed by atoms with Crippen LogP contribution in [0, 0.1) is 0 Å². The third kappa shape index (κ3) is 5.04. The number of amides is 1. The molecule has 0 spiro atoms. The summed E-state index contributed by atoms with van der Waals surface area (Å²) in [7, 11) is 1.84. The summed E-state index contributed by atoms with van der Waals surface area (Å²) in [5.41, 5.74) is 0.0275. The molecule has 7 nitrogen and oxygen atoms in total. The van der Waals surface area contributed by atoms with E-state index in [9.17, 15) is 18.0 Å². The summed E-state index contributed by atoms with van der Waals surface area (Å²) in [6, 6.07) is 5.94. The summed E-state index contributed by atoms with van der Waals surface area (Å²) < 4.78 is 41.5. The van der Waals surface area contributed by atoms with Crippen molar-refractivity contribution in [2.24, 2.45) is 7.05 Å². The zero-order chi connectivity index (χ0) is 22.2. The lowest BCUT2D eigenvalue weighted by atomic mass is 10.1. The van der Waals surface area contributed by atoms with Gasteiger partial charge in [-0.2, -0.15) is 13.2 Å². The van der Waals surface area contributed by atoms with Crippen molar-refractivity contribution in [2.75, 3.05) is 5.32 Å². The lowest BCUT2D eigenvalue weighted by molar-refractivity contribution is -0.141. The van der Waals surface area contributed by atoms with E-state index < -0.39 is 17.8 Å². The van der Waals surface area contributed by atoms with Gasteiger partial charge in [0.2, 0.25) is 0 Å². The van der Waals surface area contributed by atoms with Gasteiger partial charge in [0.25, 0.3) is 5.91 Å². The Morgan fingerprint density at radius 1 is 1.29 bits per heavy atom. The van der Waals surface area contributed by atoms with Crippen molar-refractivity contribution in [3.63, 3.8) is 0 Å². The first kappa shape index (κ1) is 21.3. The second kappa shape index (κ2) is 8.29. The first-order chi connectivity index (χ1) is 14.7. The molecule has 11 heteroatoms. The SMILES string of the molecule is C[C@H](Sc1nncn1C)c1ccnc(NC(=O)c2cc(C3CC3)cc(C(F)(F)F)n2)c1. The molecule has 0 saturated heterocycles. The van der Waals surface area contributed by atoms with E-state index >= 15 is 0 Å². The fraction of sp³-hybridized carbons (Fsp3) is 0.350. The van der Waals surface area contributed by atoms with Crippen molar-refractivity contribution in [3.05, 3.63) is 59.3 Å². The van der Waals surface area contributed by atoms with E-state index in [-0.39, 0.29) is 22.7 Å². The second-order valence-electron chi connectivity index (χ2n) is 7.36. The summed E-state index contributed by atoms with van der Waals surface area (Å²) in [6.45, 7) is 1.97. The van der Waals surface area contributed by atoms with E-state index in [1.165, 1.54) is 24.0 Å². The highest BCUT2D eigenvalue weighted by Gasteiger charge is 2.36. The molecule has 1 saturated carbocycles. The van der Waals surface area contributed by atoms with Crippen LogP contribution in [-0.4, -0.2) is 30.6 Å². The molecule has 0 unspecified atom stereocenters. The minimum Gasteiger partial charge on any atom is -0.312 e. The zero-order valence-electron chi connectivity index (χ0n) is 16.7. The fourth-order valence-electron chi connectivity index (χ4n) is 3.02. The molecule has 3 heterocycles. The molecule has 1 amide bonds. The Morgan fingerprint density at radius 2 is 2.06 bits per heavy atom. The van der Waals surface area contributed by atoms with Crippen LogP contribution in [0.4, 0.5) is 19.0 Å². The molecule has 0 bridgehead atoms. The van der Waals surface area contributed by atoms with E-state index in [0.717, 1.165) is 29.6 Å². The molecule has 0 aromatic carbocycles. The van der Waals surface area contributed by atoms with Crippen LogP contribution >= 0.6 is 11.8 Å². The maximum absolute atomic E-state index is 13.2. The van der Waals surface area contributed by atoms with E-state index in [2.05, 4.69) is 25.5 Å². The molecule has 1 aliphatic rings. The minimum absolute atomic E-state index is 0.0188. The molecule has 1 atom stereocenters. The highest BCUT2D eigenvalue weighted by molar-refractivity contribution is 7.99. The van der Waals surface area contributed by atoms with Gasteiger partial charge in [-0.15, -0.1) is 10.2 Å². The molecule has 3 aromatic rings. The first-order valence-corrected chi connectivity index (χ1v) is 10.5. The second-order valence-corrected chi connectivity index (χ2v) is 8.66. The molecular weight excluding hydrogens is 429 g/mol. The number of halogens is 3. The number of hydrogen-bond donors (Lipinski definition) is 1. The molecule has 1 fully saturated rings. The number of thioether (sulfide) groups is 1. The summed E-state index contributed by atoms with van der Waals surface area (Å²) in [5, 5.41) is 11.2. The average molecular weight is 448 g/mol. The lowest BCUT2D eigenvalue weighted by Gasteiger charge is -2.13. The number of pyridine rings is 2. The van der Waals surface area contributed by atoms with Crippen LogP contribution in [-0.2, 0) is 13.2 Å². The Bertz CT molecular complexity index is 1110. The topological polar surface area (TPSA) is 85.6 Å². The van der Waals surface area contributed by atoms with Gasteiger partial charge in [0.1, 0.15) is 23.5 Å². The van der Waals surface area contributed by atoms with Crippen LogP contribution < -0.4 is 5.32 Å². The van der Waals surface area contributed by atoms with Crippen molar-refractivity contribution in [1.82, 2.24) is 24.7 Å². The van der Waals surface area contributed by atoms with E-state index in [1.54, 1.807) is 23.0 Å². The van der Waals surface area contributed by atoms with Gasteiger partial charge < -0.3 is 9.88 Å². The zero-order valence-corrected chi connectivity index (χ0v) is 17.5. The van der Waals surface area contributed by atoms with Crippen molar-refractivity contribution < 1.29 is 18.0 Å². The van der Waals surface area contributed by atoms with Crippen molar-refractivity contribution >= 4 is 23.5 Å². The third-order valence-corrected chi connectivity index (χ3v) is 6.07. The van der Waals surface area contributed by atoms with Crippen molar-refractivity contribution in [3.8, 4) is 0 Å². The van der Waals surface area contributed by atoms with Crippen LogP contribution in [0.5, 0.6) is 0 Å². The van der Waals surface area contributed by atoms with Gasteiger partial charge in [0.15, 0.2) is 5.16 Å². The Balaban J connectivity index is 1.53. The lowest BCUT2D eigenvalue weighted by Crippen LogP contribution is -2.18. The summed E-state index contributed by atoms with van der Waals surface area (Å²) in [4.78, 5) is 20.3. The van der Waals surface area contributed by atoms with E-state index in [4.69, 9.17) is 0 Å². The van der Waals surface area contributed by atoms with Gasteiger partial charge in [-0.1, -0.05) is 11.8 Å². The summed E-state index contributed by atoms with van der Waals surface area (Å²) in [5.74, 6) is -0.443. The van der Waals surface area contributed by atoms with E-state index in [0.29, 0.717) is 5.56 Å². The smallest absolute Gasteiger partial charge is 0.312 e. The minimum atomic E-state index is -4.62. The fourth-order valence-corrected chi connectivity index (χ4v) is 3.93. The predicted octanol–water partition coefficient (Wildman–Crippen LogP) is 4.61.